The third kappa shape index (κ3) is 3.02. The lowest BCUT2D eigenvalue weighted by atomic mass is 9.98. The number of nitro groups is 1. The zero-order valence-electron chi connectivity index (χ0n) is 10.9. The Morgan fingerprint density at radius 3 is 2.89 bits per heavy atom. The van der Waals surface area contributed by atoms with E-state index in [2.05, 4.69) is 12.2 Å². The maximum absolute atomic E-state index is 10.9. The Labute approximate surface area is 112 Å². The molecule has 0 amide bonds. The van der Waals surface area contributed by atoms with Gasteiger partial charge in [0.2, 0.25) is 0 Å². The van der Waals surface area contributed by atoms with Gasteiger partial charge in [0.1, 0.15) is 11.6 Å². The third-order valence-corrected chi connectivity index (χ3v) is 3.92. The van der Waals surface area contributed by atoms with Crippen molar-refractivity contribution in [1.82, 2.24) is 0 Å². The smallest absolute Gasteiger partial charge is 0.289 e. The lowest BCUT2D eigenvalue weighted by Crippen LogP contribution is -2.16. The molecule has 0 bridgehead atoms. The molecule has 0 radical (unpaired) electrons. The molecule has 0 aliphatic heterocycles. The van der Waals surface area contributed by atoms with Gasteiger partial charge in [0, 0.05) is 18.3 Å². The second kappa shape index (κ2) is 5.70. The lowest BCUT2D eigenvalue weighted by Gasteiger charge is -2.16. The molecule has 0 heterocycles. The normalized spacial score (nSPS) is 21.9. The van der Waals surface area contributed by atoms with Gasteiger partial charge in [-0.1, -0.05) is 19.8 Å². The van der Waals surface area contributed by atoms with Gasteiger partial charge in [-0.2, -0.15) is 5.26 Å². The van der Waals surface area contributed by atoms with Crippen LogP contribution in [0, 0.1) is 33.3 Å². The van der Waals surface area contributed by atoms with Crippen LogP contribution in [-0.2, 0) is 0 Å². The van der Waals surface area contributed by atoms with Crippen molar-refractivity contribution in [2.75, 3.05) is 11.9 Å². The fourth-order valence-corrected chi connectivity index (χ4v) is 2.66. The summed E-state index contributed by atoms with van der Waals surface area (Å²) in [6, 6.07) is 6.51. The quantitative estimate of drug-likeness (QED) is 0.664. The fourth-order valence-electron chi connectivity index (χ4n) is 2.66. The first-order valence-electron chi connectivity index (χ1n) is 6.54. The van der Waals surface area contributed by atoms with Gasteiger partial charge in [0.05, 0.1) is 4.92 Å². The van der Waals surface area contributed by atoms with E-state index in [1.165, 1.54) is 31.4 Å². The predicted molar refractivity (Wildman–Crippen MR) is 72.8 cm³/mol. The molecule has 0 saturated heterocycles. The minimum absolute atomic E-state index is 0.102. The van der Waals surface area contributed by atoms with E-state index in [1.807, 2.05) is 6.07 Å². The summed E-state index contributed by atoms with van der Waals surface area (Å²) in [6.45, 7) is 3.09. The van der Waals surface area contributed by atoms with Crippen molar-refractivity contribution >= 4 is 11.4 Å². The SMILES string of the molecule is CC1CCCC1CNc1ccc(C#N)c([N+](=O)[O-])c1. The summed E-state index contributed by atoms with van der Waals surface area (Å²) in [4.78, 5) is 10.4. The van der Waals surface area contributed by atoms with Crippen molar-refractivity contribution in [1.29, 1.82) is 5.26 Å². The van der Waals surface area contributed by atoms with Gasteiger partial charge in [0.25, 0.3) is 5.69 Å². The molecule has 0 spiro atoms. The summed E-state index contributed by atoms with van der Waals surface area (Å²) in [6.07, 6.45) is 3.74. The molecular weight excluding hydrogens is 242 g/mol. The van der Waals surface area contributed by atoms with E-state index in [4.69, 9.17) is 5.26 Å². The summed E-state index contributed by atoms with van der Waals surface area (Å²) in [5, 5.41) is 22.9. The molecule has 19 heavy (non-hydrogen) atoms. The predicted octanol–water partition coefficient (Wildman–Crippen LogP) is 3.31. The highest BCUT2D eigenvalue weighted by molar-refractivity contribution is 5.59. The van der Waals surface area contributed by atoms with Gasteiger partial charge < -0.3 is 5.32 Å². The molecule has 1 aliphatic carbocycles. The van der Waals surface area contributed by atoms with Crippen molar-refractivity contribution in [2.24, 2.45) is 11.8 Å². The average Bonchev–Trinajstić information content (AvgIpc) is 2.81. The van der Waals surface area contributed by atoms with Crippen LogP contribution >= 0.6 is 0 Å². The van der Waals surface area contributed by atoms with E-state index in [0.29, 0.717) is 17.5 Å². The third-order valence-electron chi connectivity index (χ3n) is 3.92. The largest absolute Gasteiger partial charge is 0.385 e. The first-order chi connectivity index (χ1) is 9.11. The maximum Gasteiger partial charge on any atom is 0.289 e. The van der Waals surface area contributed by atoms with Crippen LogP contribution in [0.5, 0.6) is 0 Å². The molecule has 0 aromatic heterocycles. The standard InChI is InChI=1S/C14H17N3O2/c1-10-3-2-4-12(10)9-16-13-6-5-11(8-15)14(7-13)17(18)19/h5-7,10,12,16H,2-4,9H2,1H3. The Balaban J connectivity index is 2.07. The maximum atomic E-state index is 10.9. The Bertz CT molecular complexity index is 522. The second-order valence-electron chi connectivity index (χ2n) is 5.15. The van der Waals surface area contributed by atoms with Gasteiger partial charge in [-0.15, -0.1) is 0 Å². The zero-order valence-corrected chi connectivity index (χ0v) is 10.9. The summed E-state index contributed by atoms with van der Waals surface area (Å²) in [5.74, 6) is 1.34. The molecule has 5 nitrogen and oxygen atoms in total. The Hall–Kier alpha value is -2.09. The first kappa shape index (κ1) is 13.3. The summed E-state index contributed by atoms with van der Waals surface area (Å²) < 4.78 is 0. The Kier molecular flexibility index (Phi) is 4.00. The van der Waals surface area contributed by atoms with Crippen molar-refractivity contribution in [3.05, 3.63) is 33.9 Å². The van der Waals surface area contributed by atoms with E-state index >= 15 is 0 Å². The van der Waals surface area contributed by atoms with Crippen LogP contribution in [0.1, 0.15) is 31.7 Å². The number of nitro benzene ring substituents is 1. The molecule has 2 rings (SSSR count). The number of anilines is 1. The monoisotopic (exact) mass is 259 g/mol. The van der Waals surface area contributed by atoms with Gasteiger partial charge in [0.15, 0.2) is 0 Å². The second-order valence-corrected chi connectivity index (χ2v) is 5.15. The van der Waals surface area contributed by atoms with E-state index in [9.17, 15) is 10.1 Å². The lowest BCUT2D eigenvalue weighted by molar-refractivity contribution is -0.385. The van der Waals surface area contributed by atoms with Crippen LogP contribution < -0.4 is 5.32 Å². The van der Waals surface area contributed by atoms with Crippen LogP contribution in [-0.4, -0.2) is 11.5 Å². The molecule has 2 unspecified atom stereocenters. The van der Waals surface area contributed by atoms with Crippen LogP contribution in [0.25, 0.3) is 0 Å². The number of benzene rings is 1. The molecular formula is C14H17N3O2. The summed E-state index contributed by atoms with van der Waals surface area (Å²) in [7, 11) is 0. The number of nitriles is 1. The van der Waals surface area contributed by atoms with Gasteiger partial charge in [-0.3, -0.25) is 10.1 Å². The van der Waals surface area contributed by atoms with Crippen LogP contribution in [0.4, 0.5) is 11.4 Å². The minimum Gasteiger partial charge on any atom is -0.385 e. The Morgan fingerprint density at radius 2 is 2.32 bits per heavy atom. The van der Waals surface area contributed by atoms with E-state index < -0.39 is 4.92 Å². The molecule has 5 heteroatoms. The Morgan fingerprint density at radius 1 is 1.53 bits per heavy atom. The van der Waals surface area contributed by atoms with Crippen molar-refractivity contribution in [3.63, 3.8) is 0 Å². The molecule has 1 aromatic carbocycles. The van der Waals surface area contributed by atoms with E-state index in [-0.39, 0.29) is 11.3 Å². The molecule has 100 valence electrons. The molecule has 2 atom stereocenters. The number of rotatable bonds is 4. The van der Waals surface area contributed by atoms with Gasteiger partial charge >= 0.3 is 0 Å². The number of hydrogen-bond acceptors (Lipinski definition) is 4. The molecule has 1 aliphatic rings. The van der Waals surface area contributed by atoms with Crippen molar-refractivity contribution < 1.29 is 4.92 Å². The van der Waals surface area contributed by atoms with Crippen molar-refractivity contribution in [2.45, 2.75) is 26.2 Å². The fraction of sp³-hybridized carbons (Fsp3) is 0.500. The number of hydrogen-bond donors (Lipinski definition) is 1. The van der Waals surface area contributed by atoms with Gasteiger partial charge in [-0.25, -0.2) is 0 Å². The molecule has 1 saturated carbocycles. The van der Waals surface area contributed by atoms with E-state index in [0.717, 1.165) is 6.54 Å². The topological polar surface area (TPSA) is 79.0 Å². The molecule has 1 fully saturated rings. The highest BCUT2D eigenvalue weighted by Crippen LogP contribution is 2.31. The van der Waals surface area contributed by atoms with E-state index in [1.54, 1.807) is 6.07 Å². The summed E-state index contributed by atoms with van der Waals surface area (Å²) >= 11 is 0. The van der Waals surface area contributed by atoms with Crippen molar-refractivity contribution in [3.8, 4) is 6.07 Å². The first-order valence-corrected chi connectivity index (χ1v) is 6.54. The highest BCUT2D eigenvalue weighted by Gasteiger charge is 2.23. The highest BCUT2D eigenvalue weighted by atomic mass is 16.6. The minimum atomic E-state index is -0.512. The van der Waals surface area contributed by atoms with Crippen LogP contribution in [0.15, 0.2) is 18.2 Å². The number of nitrogens with zero attached hydrogens (tertiary/aromatic N) is 2. The summed E-state index contributed by atoms with van der Waals surface area (Å²) in [5.41, 5.74) is 0.682. The molecule has 1 N–H and O–H groups in total. The molecule has 1 aromatic rings. The van der Waals surface area contributed by atoms with Crippen LogP contribution in [0.3, 0.4) is 0 Å². The van der Waals surface area contributed by atoms with Gasteiger partial charge in [-0.05, 0) is 30.4 Å². The van der Waals surface area contributed by atoms with Crippen LogP contribution in [0.2, 0.25) is 0 Å². The zero-order chi connectivity index (χ0) is 13.8. The number of nitrogens with one attached hydrogen (secondary N) is 1. The average molecular weight is 259 g/mol.